The highest BCUT2D eigenvalue weighted by Gasteiger charge is 2.24. The first-order valence-electron chi connectivity index (χ1n) is 7.60. The number of nitrogens with zero attached hydrogens (tertiary/aromatic N) is 2. The molecule has 1 aliphatic heterocycles. The highest BCUT2D eigenvalue weighted by Crippen LogP contribution is 2.29. The minimum atomic E-state index is -0.629. The molecule has 1 amide bonds. The van der Waals surface area contributed by atoms with Crippen LogP contribution in [0.4, 0.5) is 4.39 Å². The number of hydrazone groups is 1. The highest BCUT2D eigenvalue weighted by molar-refractivity contribution is 6.30. The Morgan fingerprint density at radius 3 is 2.60 bits per heavy atom. The van der Waals surface area contributed by atoms with Gasteiger partial charge >= 0.3 is 0 Å². The Hall–Kier alpha value is -2.60. The van der Waals surface area contributed by atoms with Crippen LogP contribution in [0.2, 0.25) is 5.02 Å². The number of carbonyl (C=O) groups excluding carboxylic acids is 1. The SMILES string of the molecule is COc1ccc(C2=NN(C(=O)c3ccc(Cl)c(F)c3)CC2)cc1OC. The molecule has 0 N–H and O–H groups in total. The maximum atomic E-state index is 13.6. The molecule has 0 saturated carbocycles. The van der Waals surface area contributed by atoms with E-state index in [1.54, 1.807) is 20.3 Å². The van der Waals surface area contributed by atoms with Crippen LogP contribution >= 0.6 is 11.6 Å². The average Bonchev–Trinajstić information content (AvgIpc) is 3.12. The van der Waals surface area contributed by atoms with Crippen LogP contribution in [-0.4, -0.2) is 37.4 Å². The summed E-state index contributed by atoms with van der Waals surface area (Å²) in [5.74, 6) is 0.212. The summed E-state index contributed by atoms with van der Waals surface area (Å²) in [6, 6.07) is 9.42. The lowest BCUT2D eigenvalue weighted by molar-refractivity contribution is 0.0778. The van der Waals surface area contributed by atoms with Crippen molar-refractivity contribution >= 4 is 23.2 Å². The molecule has 1 heterocycles. The number of halogens is 2. The third-order valence-electron chi connectivity index (χ3n) is 3.92. The first-order chi connectivity index (χ1) is 12.0. The van der Waals surface area contributed by atoms with Gasteiger partial charge in [0.05, 0.1) is 31.5 Å². The molecular formula is C18H16ClFN2O3. The summed E-state index contributed by atoms with van der Waals surface area (Å²) in [7, 11) is 3.12. The van der Waals surface area contributed by atoms with Gasteiger partial charge in [-0.2, -0.15) is 5.10 Å². The molecule has 0 aliphatic carbocycles. The van der Waals surface area contributed by atoms with Crippen molar-refractivity contribution in [2.24, 2.45) is 5.10 Å². The van der Waals surface area contributed by atoms with Gasteiger partial charge in [0.2, 0.25) is 0 Å². The van der Waals surface area contributed by atoms with Gasteiger partial charge in [-0.25, -0.2) is 9.40 Å². The molecule has 0 spiro atoms. The number of methoxy groups -OCH3 is 2. The predicted octanol–water partition coefficient (Wildman–Crippen LogP) is 3.75. The van der Waals surface area contributed by atoms with Gasteiger partial charge in [0.15, 0.2) is 11.5 Å². The van der Waals surface area contributed by atoms with Crippen LogP contribution in [0.5, 0.6) is 11.5 Å². The second kappa shape index (κ2) is 7.11. The van der Waals surface area contributed by atoms with E-state index in [1.807, 2.05) is 12.1 Å². The van der Waals surface area contributed by atoms with Crippen molar-refractivity contribution in [2.45, 2.75) is 6.42 Å². The Morgan fingerprint density at radius 1 is 1.16 bits per heavy atom. The van der Waals surface area contributed by atoms with Gasteiger partial charge in [-0.15, -0.1) is 0 Å². The maximum Gasteiger partial charge on any atom is 0.274 e. The molecule has 0 unspecified atom stereocenters. The quantitative estimate of drug-likeness (QED) is 0.832. The first kappa shape index (κ1) is 17.2. The topological polar surface area (TPSA) is 51.1 Å². The van der Waals surface area contributed by atoms with Gasteiger partial charge in [-0.3, -0.25) is 4.79 Å². The van der Waals surface area contributed by atoms with E-state index in [0.29, 0.717) is 24.5 Å². The lowest BCUT2D eigenvalue weighted by Gasteiger charge is -2.11. The summed E-state index contributed by atoms with van der Waals surface area (Å²) in [5.41, 5.74) is 1.80. The number of rotatable bonds is 4. The summed E-state index contributed by atoms with van der Waals surface area (Å²) in [6.07, 6.45) is 0.595. The number of amides is 1. The highest BCUT2D eigenvalue weighted by atomic mass is 35.5. The zero-order chi connectivity index (χ0) is 18.0. The van der Waals surface area contributed by atoms with Gasteiger partial charge in [0, 0.05) is 17.5 Å². The Morgan fingerprint density at radius 2 is 1.92 bits per heavy atom. The van der Waals surface area contributed by atoms with E-state index in [2.05, 4.69) is 5.10 Å². The molecule has 0 aromatic heterocycles. The lowest BCUT2D eigenvalue weighted by Crippen LogP contribution is -2.23. The summed E-state index contributed by atoms with van der Waals surface area (Å²) in [5, 5.41) is 5.67. The molecule has 1 aliphatic rings. The second-order valence-electron chi connectivity index (χ2n) is 5.42. The van der Waals surface area contributed by atoms with E-state index in [1.165, 1.54) is 17.1 Å². The van der Waals surface area contributed by atoms with Crippen molar-refractivity contribution < 1.29 is 18.7 Å². The van der Waals surface area contributed by atoms with E-state index >= 15 is 0 Å². The number of hydrogen-bond acceptors (Lipinski definition) is 4. The Bertz CT molecular complexity index is 854. The minimum absolute atomic E-state index is 0.0208. The van der Waals surface area contributed by atoms with Crippen molar-refractivity contribution in [1.29, 1.82) is 0 Å². The first-order valence-corrected chi connectivity index (χ1v) is 7.98. The second-order valence-corrected chi connectivity index (χ2v) is 5.83. The van der Waals surface area contributed by atoms with Crippen molar-refractivity contribution in [2.75, 3.05) is 20.8 Å². The van der Waals surface area contributed by atoms with Crippen molar-refractivity contribution in [3.63, 3.8) is 0 Å². The molecule has 2 aromatic rings. The fourth-order valence-electron chi connectivity index (χ4n) is 2.60. The molecule has 0 fully saturated rings. The Labute approximate surface area is 149 Å². The number of benzene rings is 2. The van der Waals surface area contributed by atoms with Gasteiger partial charge in [0.25, 0.3) is 5.91 Å². The van der Waals surface area contributed by atoms with Gasteiger partial charge in [0.1, 0.15) is 5.82 Å². The summed E-state index contributed by atoms with van der Waals surface area (Å²) >= 11 is 5.65. The van der Waals surface area contributed by atoms with Crippen LogP contribution in [0.15, 0.2) is 41.5 Å². The summed E-state index contributed by atoms with van der Waals surface area (Å²) in [6.45, 7) is 0.423. The van der Waals surface area contributed by atoms with Crippen LogP contribution in [0, 0.1) is 5.82 Å². The van der Waals surface area contributed by atoms with E-state index < -0.39 is 5.82 Å². The molecule has 7 heteroatoms. The number of ether oxygens (including phenoxy) is 2. The standard InChI is InChI=1S/C18H16ClFN2O3/c1-24-16-6-4-11(10-17(16)25-2)15-7-8-22(21-15)18(23)12-3-5-13(19)14(20)9-12/h3-6,9-10H,7-8H2,1-2H3. The van der Waals surface area contributed by atoms with Crippen LogP contribution < -0.4 is 9.47 Å². The van der Waals surface area contributed by atoms with Gasteiger partial charge < -0.3 is 9.47 Å². The molecule has 25 heavy (non-hydrogen) atoms. The molecular weight excluding hydrogens is 347 g/mol. The van der Waals surface area contributed by atoms with Crippen molar-refractivity contribution in [1.82, 2.24) is 5.01 Å². The molecule has 0 radical (unpaired) electrons. The van der Waals surface area contributed by atoms with Crippen LogP contribution in [0.1, 0.15) is 22.3 Å². The zero-order valence-corrected chi connectivity index (χ0v) is 14.5. The van der Waals surface area contributed by atoms with Gasteiger partial charge in [-0.1, -0.05) is 11.6 Å². The van der Waals surface area contributed by atoms with Gasteiger partial charge in [-0.05, 0) is 36.4 Å². The van der Waals surface area contributed by atoms with Crippen molar-refractivity contribution in [3.05, 3.63) is 58.4 Å². The fraction of sp³-hybridized carbons (Fsp3) is 0.222. The van der Waals surface area contributed by atoms with E-state index in [9.17, 15) is 9.18 Å². The van der Waals surface area contributed by atoms with Crippen LogP contribution in [-0.2, 0) is 0 Å². The number of hydrogen-bond donors (Lipinski definition) is 0. The summed E-state index contributed by atoms with van der Waals surface area (Å²) in [4.78, 5) is 12.5. The molecule has 0 saturated heterocycles. The summed E-state index contributed by atoms with van der Waals surface area (Å²) < 4.78 is 24.1. The normalized spacial score (nSPS) is 13.6. The number of carbonyl (C=O) groups is 1. The molecule has 2 aromatic carbocycles. The Balaban J connectivity index is 1.84. The lowest BCUT2D eigenvalue weighted by atomic mass is 10.1. The fourth-order valence-corrected chi connectivity index (χ4v) is 2.72. The molecule has 3 rings (SSSR count). The Kier molecular flexibility index (Phi) is 4.90. The maximum absolute atomic E-state index is 13.6. The van der Waals surface area contributed by atoms with E-state index in [0.717, 1.165) is 17.3 Å². The van der Waals surface area contributed by atoms with E-state index in [4.69, 9.17) is 21.1 Å². The van der Waals surface area contributed by atoms with E-state index in [-0.39, 0.29) is 16.5 Å². The molecule has 130 valence electrons. The van der Waals surface area contributed by atoms with Crippen molar-refractivity contribution in [3.8, 4) is 11.5 Å². The zero-order valence-electron chi connectivity index (χ0n) is 13.8. The molecule has 0 atom stereocenters. The minimum Gasteiger partial charge on any atom is -0.493 e. The third-order valence-corrected chi connectivity index (χ3v) is 4.23. The molecule has 0 bridgehead atoms. The predicted molar refractivity (Wildman–Crippen MR) is 93.1 cm³/mol. The average molecular weight is 363 g/mol. The third kappa shape index (κ3) is 3.44. The monoisotopic (exact) mass is 362 g/mol. The largest absolute Gasteiger partial charge is 0.493 e. The van der Waals surface area contributed by atoms with Crippen LogP contribution in [0.3, 0.4) is 0 Å². The van der Waals surface area contributed by atoms with Crippen LogP contribution in [0.25, 0.3) is 0 Å². The smallest absolute Gasteiger partial charge is 0.274 e. The molecule has 5 nitrogen and oxygen atoms in total.